The predicted octanol–water partition coefficient (Wildman–Crippen LogP) is 0.960. The van der Waals surface area contributed by atoms with Gasteiger partial charge in [0.25, 0.3) is 0 Å². The first kappa shape index (κ1) is 10.2. The number of nitrogens with zero attached hydrogens (tertiary/aromatic N) is 1. The normalized spacial score (nSPS) is 26.8. The predicted molar refractivity (Wildman–Crippen MR) is 59.4 cm³/mol. The number of amides is 1. The second-order valence-corrected chi connectivity index (χ2v) is 4.17. The van der Waals surface area contributed by atoms with Gasteiger partial charge in [0.05, 0.1) is 6.04 Å². The van der Waals surface area contributed by atoms with E-state index in [2.05, 4.69) is 12.1 Å². The SMILES string of the molecule is CN1C[C@H](c2ccccc2)C[C@H](N)C1=O. The molecule has 1 aliphatic rings. The van der Waals surface area contributed by atoms with E-state index in [0.29, 0.717) is 5.92 Å². The monoisotopic (exact) mass is 204 g/mol. The Labute approximate surface area is 89.9 Å². The highest BCUT2D eigenvalue weighted by Gasteiger charge is 2.30. The van der Waals surface area contributed by atoms with Crippen LogP contribution in [0, 0.1) is 0 Å². The van der Waals surface area contributed by atoms with Gasteiger partial charge in [-0.1, -0.05) is 30.3 Å². The third kappa shape index (κ3) is 2.02. The van der Waals surface area contributed by atoms with Gasteiger partial charge in [-0.05, 0) is 12.0 Å². The number of likely N-dealkylation sites (tertiary alicyclic amines) is 1. The summed E-state index contributed by atoms with van der Waals surface area (Å²) in [6.07, 6.45) is 0.757. The van der Waals surface area contributed by atoms with Gasteiger partial charge in [-0.25, -0.2) is 0 Å². The van der Waals surface area contributed by atoms with Crippen LogP contribution in [0.5, 0.6) is 0 Å². The molecular weight excluding hydrogens is 188 g/mol. The van der Waals surface area contributed by atoms with Crippen LogP contribution in [0.15, 0.2) is 30.3 Å². The summed E-state index contributed by atoms with van der Waals surface area (Å²) in [7, 11) is 1.82. The molecule has 0 unspecified atom stereocenters. The second-order valence-electron chi connectivity index (χ2n) is 4.17. The lowest BCUT2D eigenvalue weighted by molar-refractivity contribution is -0.133. The zero-order valence-corrected chi connectivity index (χ0v) is 8.89. The summed E-state index contributed by atoms with van der Waals surface area (Å²) in [5.41, 5.74) is 7.08. The first-order chi connectivity index (χ1) is 7.18. The number of likely N-dealkylation sites (N-methyl/N-ethyl adjacent to an activating group) is 1. The highest BCUT2D eigenvalue weighted by atomic mass is 16.2. The van der Waals surface area contributed by atoms with Crippen LogP contribution < -0.4 is 5.73 Å². The minimum absolute atomic E-state index is 0.0576. The van der Waals surface area contributed by atoms with Gasteiger partial charge in [-0.2, -0.15) is 0 Å². The zero-order valence-electron chi connectivity index (χ0n) is 8.89. The third-order valence-corrected chi connectivity index (χ3v) is 3.00. The average Bonchev–Trinajstić information content (AvgIpc) is 2.26. The Morgan fingerprint density at radius 1 is 1.33 bits per heavy atom. The van der Waals surface area contributed by atoms with E-state index in [0.717, 1.165) is 13.0 Å². The van der Waals surface area contributed by atoms with Crippen molar-refractivity contribution in [3.05, 3.63) is 35.9 Å². The van der Waals surface area contributed by atoms with Gasteiger partial charge < -0.3 is 10.6 Å². The first-order valence-corrected chi connectivity index (χ1v) is 5.24. The first-order valence-electron chi connectivity index (χ1n) is 5.24. The maximum Gasteiger partial charge on any atom is 0.239 e. The van der Waals surface area contributed by atoms with Crippen LogP contribution in [0.2, 0.25) is 0 Å². The van der Waals surface area contributed by atoms with Crippen molar-refractivity contribution >= 4 is 5.91 Å². The summed E-state index contributed by atoms with van der Waals surface area (Å²) in [4.78, 5) is 13.2. The number of hydrogen-bond acceptors (Lipinski definition) is 2. The molecule has 1 amide bonds. The fourth-order valence-electron chi connectivity index (χ4n) is 2.15. The summed E-state index contributed by atoms with van der Waals surface area (Å²) >= 11 is 0. The van der Waals surface area contributed by atoms with Gasteiger partial charge in [0, 0.05) is 19.5 Å². The van der Waals surface area contributed by atoms with E-state index in [1.165, 1.54) is 5.56 Å². The highest BCUT2D eigenvalue weighted by molar-refractivity contribution is 5.82. The molecule has 0 radical (unpaired) electrons. The fraction of sp³-hybridized carbons (Fsp3) is 0.417. The number of carbonyl (C=O) groups excluding carboxylic acids is 1. The van der Waals surface area contributed by atoms with Crippen LogP contribution in [-0.2, 0) is 4.79 Å². The Balaban J connectivity index is 2.16. The van der Waals surface area contributed by atoms with Crippen LogP contribution in [0.25, 0.3) is 0 Å². The summed E-state index contributed by atoms with van der Waals surface area (Å²) in [6, 6.07) is 9.91. The van der Waals surface area contributed by atoms with E-state index in [-0.39, 0.29) is 11.9 Å². The Morgan fingerprint density at radius 2 is 2.00 bits per heavy atom. The molecule has 2 atom stereocenters. The van der Waals surface area contributed by atoms with Gasteiger partial charge in [-0.3, -0.25) is 4.79 Å². The Kier molecular flexibility index (Phi) is 2.73. The third-order valence-electron chi connectivity index (χ3n) is 3.00. The van der Waals surface area contributed by atoms with Crippen LogP contribution in [0.1, 0.15) is 17.9 Å². The van der Waals surface area contributed by atoms with Crippen LogP contribution in [0.3, 0.4) is 0 Å². The summed E-state index contributed by atoms with van der Waals surface area (Å²) in [6.45, 7) is 0.774. The molecule has 1 aliphatic heterocycles. The molecule has 0 aromatic heterocycles. The molecule has 3 heteroatoms. The number of carbonyl (C=O) groups is 1. The van der Waals surface area contributed by atoms with E-state index in [4.69, 9.17) is 5.73 Å². The summed E-state index contributed by atoms with van der Waals surface area (Å²) < 4.78 is 0. The van der Waals surface area contributed by atoms with Gasteiger partial charge in [-0.15, -0.1) is 0 Å². The van der Waals surface area contributed by atoms with E-state index in [9.17, 15) is 4.79 Å². The Hall–Kier alpha value is -1.35. The number of piperidine rings is 1. The lowest BCUT2D eigenvalue weighted by Gasteiger charge is -2.33. The fourth-order valence-corrected chi connectivity index (χ4v) is 2.15. The van der Waals surface area contributed by atoms with E-state index >= 15 is 0 Å². The number of hydrogen-bond donors (Lipinski definition) is 1. The standard InChI is InChI=1S/C12H16N2O/c1-14-8-10(7-11(13)12(14)15)9-5-3-2-4-6-9/h2-6,10-11H,7-8,13H2,1H3/t10-,11+/m1/s1. The highest BCUT2D eigenvalue weighted by Crippen LogP contribution is 2.25. The van der Waals surface area contributed by atoms with Crippen LogP contribution >= 0.6 is 0 Å². The van der Waals surface area contributed by atoms with Crippen molar-refractivity contribution in [2.75, 3.05) is 13.6 Å². The number of nitrogens with two attached hydrogens (primary N) is 1. The van der Waals surface area contributed by atoms with Gasteiger partial charge in [0.15, 0.2) is 0 Å². The minimum atomic E-state index is -0.339. The van der Waals surface area contributed by atoms with Crippen LogP contribution in [-0.4, -0.2) is 30.4 Å². The molecule has 15 heavy (non-hydrogen) atoms. The van der Waals surface area contributed by atoms with Crippen molar-refractivity contribution < 1.29 is 4.79 Å². The molecule has 2 rings (SSSR count). The molecule has 0 saturated carbocycles. The van der Waals surface area contributed by atoms with E-state index in [1.54, 1.807) is 4.90 Å². The molecule has 0 spiro atoms. The summed E-state index contributed by atoms with van der Waals surface area (Å²) in [5, 5.41) is 0. The topological polar surface area (TPSA) is 46.3 Å². The van der Waals surface area contributed by atoms with E-state index < -0.39 is 0 Å². The van der Waals surface area contributed by atoms with Crippen LogP contribution in [0.4, 0.5) is 0 Å². The zero-order chi connectivity index (χ0) is 10.8. The van der Waals surface area contributed by atoms with Crippen molar-refractivity contribution in [3.8, 4) is 0 Å². The van der Waals surface area contributed by atoms with Crippen molar-refractivity contribution in [2.24, 2.45) is 5.73 Å². The molecular formula is C12H16N2O. The van der Waals surface area contributed by atoms with Crippen molar-refractivity contribution in [3.63, 3.8) is 0 Å². The van der Waals surface area contributed by atoms with Gasteiger partial charge in [0.1, 0.15) is 0 Å². The van der Waals surface area contributed by atoms with Gasteiger partial charge in [0.2, 0.25) is 5.91 Å². The maximum atomic E-state index is 11.5. The number of benzene rings is 1. The molecule has 0 bridgehead atoms. The van der Waals surface area contributed by atoms with Crippen molar-refractivity contribution in [1.29, 1.82) is 0 Å². The molecule has 1 fully saturated rings. The summed E-state index contributed by atoms with van der Waals surface area (Å²) in [5.74, 6) is 0.436. The van der Waals surface area contributed by atoms with Crippen molar-refractivity contribution in [1.82, 2.24) is 4.90 Å². The molecule has 80 valence electrons. The quantitative estimate of drug-likeness (QED) is 0.740. The smallest absolute Gasteiger partial charge is 0.239 e. The molecule has 1 aromatic carbocycles. The lowest BCUT2D eigenvalue weighted by Crippen LogP contribution is -2.49. The molecule has 1 heterocycles. The second kappa shape index (κ2) is 4.03. The molecule has 3 nitrogen and oxygen atoms in total. The Bertz CT molecular complexity index is 336. The number of rotatable bonds is 1. The molecule has 0 aliphatic carbocycles. The Morgan fingerprint density at radius 3 is 2.60 bits per heavy atom. The van der Waals surface area contributed by atoms with Gasteiger partial charge >= 0.3 is 0 Å². The molecule has 1 saturated heterocycles. The molecule has 1 aromatic rings. The lowest BCUT2D eigenvalue weighted by atomic mass is 9.88. The van der Waals surface area contributed by atoms with E-state index in [1.807, 2.05) is 25.2 Å². The van der Waals surface area contributed by atoms with Crippen molar-refractivity contribution in [2.45, 2.75) is 18.4 Å². The minimum Gasteiger partial charge on any atom is -0.344 e. The largest absolute Gasteiger partial charge is 0.344 e. The maximum absolute atomic E-state index is 11.5. The molecule has 2 N–H and O–H groups in total. The average molecular weight is 204 g/mol.